The third kappa shape index (κ3) is 4.62. The number of carbonyl (C=O) groups excluding carboxylic acids is 1. The van der Waals surface area contributed by atoms with Crippen molar-refractivity contribution in [3.8, 4) is 0 Å². The average Bonchev–Trinajstić information content (AvgIpc) is 3.00. The van der Waals surface area contributed by atoms with Gasteiger partial charge in [-0.3, -0.25) is 14.5 Å². The van der Waals surface area contributed by atoms with Crippen molar-refractivity contribution < 1.29 is 13.2 Å². The maximum absolute atomic E-state index is 12.9. The zero-order chi connectivity index (χ0) is 21.9. The highest BCUT2D eigenvalue weighted by atomic mass is 32.2. The van der Waals surface area contributed by atoms with Crippen molar-refractivity contribution in [2.45, 2.75) is 37.8 Å². The molecule has 3 rings (SSSR count). The van der Waals surface area contributed by atoms with Gasteiger partial charge >= 0.3 is 0 Å². The Kier molecular flexibility index (Phi) is 6.40. The SMILES string of the molecule is CC[C@H](C)[C@H](N=C1NS(=O)(=O)c2ccccc21)C(=O)NCc1ccc(N(C)C)nc1. The predicted molar refractivity (Wildman–Crippen MR) is 117 cm³/mol. The molecule has 1 amide bonds. The Balaban J connectivity index is 1.79. The van der Waals surface area contributed by atoms with Gasteiger partial charge in [0.2, 0.25) is 5.91 Å². The van der Waals surface area contributed by atoms with Crippen LogP contribution in [0.3, 0.4) is 0 Å². The first-order chi connectivity index (χ1) is 14.2. The van der Waals surface area contributed by atoms with Crippen LogP contribution in [0.1, 0.15) is 31.4 Å². The second kappa shape index (κ2) is 8.83. The first kappa shape index (κ1) is 21.8. The Morgan fingerprint density at radius 3 is 2.60 bits per heavy atom. The molecule has 1 aliphatic heterocycles. The lowest BCUT2D eigenvalue weighted by Crippen LogP contribution is -2.39. The van der Waals surface area contributed by atoms with Crippen LogP contribution in [0.25, 0.3) is 0 Å². The summed E-state index contributed by atoms with van der Waals surface area (Å²) in [6.07, 6.45) is 2.45. The number of aromatic nitrogens is 1. The molecule has 2 heterocycles. The van der Waals surface area contributed by atoms with E-state index >= 15 is 0 Å². The highest BCUT2D eigenvalue weighted by Crippen LogP contribution is 2.24. The summed E-state index contributed by atoms with van der Waals surface area (Å²) < 4.78 is 27.2. The number of fused-ring (bicyclic) bond motifs is 1. The van der Waals surface area contributed by atoms with Gasteiger partial charge in [-0.25, -0.2) is 13.4 Å². The van der Waals surface area contributed by atoms with E-state index in [-0.39, 0.29) is 22.6 Å². The number of hydrogen-bond acceptors (Lipinski definition) is 6. The smallest absolute Gasteiger partial charge is 0.263 e. The zero-order valence-corrected chi connectivity index (χ0v) is 18.4. The Morgan fingerprint density at radius 2 is 1.97 bits per heavy atom. The molecule has 0 saturated carbocycles. The molecule has 2 N–H and O–H groups in total. The summed E-state index contributed by atoms with van der Waals surface area (Å²) in [5.74, 6) is 0.727. The predicted octanol–water partition coefficient (Wildman–Crippen LogP) is 1.92. The molecule has 160 valence electrons. The summed E-state index contributed by atoms with van der Waals surface area (Å²) in [6.45, 7) is 4.22. The summed E-state index contributed by atoms with van der Waals surface area (Å²) in [5, 5.41) is 2.90. The number of aliphatic imine (C=N–C) groups is 1. The lowest BCUT2D eigenvalue weighted by atomic mass is 9.98. The van der Waals surface area contributed by atoms with Gasteiger partial charge in [0.05, 0.1) is 4.90 Å². The zero-order valence-electron chi connectivity index (χ0n) is 17.6. The number of anilines is 1. The lowest BCUT2D eigenvalue weighted by molar-refractivity contribution is -0.123. The van der Waals surface area contributed by atoms with Crippen molar-refractivity contribution in [3.63, 3.8) is 0 Å². The van der Waals surface area contributed by atoms with Crippen molar-refractivity contribution in [2.24, 2.45) is 10.9 Å². The first-order valence-electron chi connectivity index (χ1n) is 9.83. The van der Waals surface area contributed by atoms with Crippen LogP contribution >= 0.6 is 0 Å². The standard InChI is InChI=1S/C21H27N5O3S/c1-5-14(2)19(21(27)23-13-15-10-11-18(22-12-15)26(3)4)24-20-16-8-6-7-9-17(16)30(28,29)25-20/h6-12,14,19H,5,13H2,1-4H3,(H,23,27)(H,24,25)/t14-,19-/m0/s1. The fraction of sp³-hybridized carbons (Fsp3) is 0.381. The second-order valence-corrected chi connectivity index (χ2v) is 9.20. The van der Waals surface area contributed by atoms with E-state index in [1.807, 2.05) is 45.0 Å². The van der Waals surface area contributed by atoms with Gasteiger partial charge in [-0.2, -0.15) is 0 Å². The van der Waals surface area contributed by atoms with Crippen LogP contribution in [-0.2, 0) is 21.4 Å². The third-order valence-electron chi connectivity index (χ3n) is 5.12. The normalized spacial score (nSPS) is 17.7. The van der Waals surface area contributed by atoms with E-state index in [1.54, 1.807) is 24.4 Å². The minimum atomic E-state index is -3.65. The minimum absolute atomic E-state index is 0.0657. The van der Waals surface area contributed by atoms with Crippen molar-refractivity contribution in [1.82, 2.24) is 15.0 Å². The fourth-order valence-corrected chi connectivity index (χ4v) is 4.36. The van der Waals surface area contributed by atoms with Crippen LogP contribution in [0, 0.1) is 5.92 Å². The fourth-order valence-electron chi connectivity index (χ4n) is 3.12. The summed E-state index contributed by atoms with van der Waals surface area (Å²) in [5.41, 5.74) is 1.36. The number of amides is 1. The molecule has 30 heavy (non-hydrogen) atoms. The topological polar surface area (TPSA) is 104 Å². The number of hydrogen-bond donors (Lipinski definition) is 2. The quantitative estimate of drug-likeness (QED) is 0.700. The summed E-state index contributed by atoms with van der Waals surface area (Å²) in [4.78, 5) is 23.9. The Bertz CT molecular complexity index is 1050. The Hall–Kier alpha value is -2.94. The van der Waals surface area contributed by atoms with Crippen LogP contribution in [-0.4, -0.2) is 45.3 Å². The highest BCUT2D eigenvalue weighted by Gasteiger charge is 2.33. The van der Waals surface area contributed by atoms with E-state index in [2.05, 4.69) is 20.0 Å². The molecule has 8 nitrogen and oxygen atoms in total. The average molecular weight is 430 g/mol. The van der Waals surface area contributed by atoms with Crippen LogP contribution in [0.15, 0.2) is 52.5 Å². The maximum Gasteiger partial charge on any atom is 0.263 e. The molecule has 2 aromatic rings. The van der Waals surface area contributed by atoms with Crippen molar-refractivity contribution >= 4 is 27.6 Å². The molecule has 0 radical (unpaired) electrons. The number of benzene rings is 1. The molecule has 0 unspecified atom stereocenters. The largest absolute Gasteiger partial charge is 0.363 e. The Morgan fingerprint density at radius 1 is 1.23 bits per heavy atom. The molecule has 1 aliphatic rings. The molecule has 2 atom stereocenters. The van der Waals surface area contributed by atoms with Gasteiger partial charge in [0.25, 0.3) is 10.0 Å². The molecular formula is C21H27N5O3S. The van der Waals surface area contributed by atoms with Crippen LogP contribution < -0.4 is 14.9 Å². The summed E-state index contributed by atoms with van der Waals surface area (Å²) >= 11 is 0. The van der Waals surface area contributed by atoms with E-state index in [4.69, 9.17) is 0 Å². The van der Waals surface area contributed by atoms with Gasteiger partial charge in [-0.15, -0.1) is 0 Å². The van der Waals surface area contributed by atoms with E-state index in [0.717, 1.165) is 17.8 Å². The van der Waals surface area contributed by atoms with Crippen LogP contribution in [0.2, 0.25) is 0 Å². The van der Waals surface area contributed by atoms with Gasteiger partial charge in [0, 0.05) is 32.4 Å². The molecule has 0 bridgehead atoms. The highest BCUT2D eigenvalue weighted by molar-refractivity contribution is 7.90. The number of amidine groups is 1. The number of nitrogens with one attached hydrogen (secondary N) is 2. The third-order valence-corrected chi connectivity index (χ3v) is 6.51. The van der Waals surface area contributed by atoms with E-state index in [0.29, 0.717) is 12.1 Å². The van der Waals surface area contributed by atoms with Gasteiger partial charge in [-0.1, -0.05) is 38.5 Å². The molecule has 0 aliphatic carbocycles. The van der Waals surface area contributed by atoms with E-state index in [9.17, 15) is 13.2 Å². The van der Waals surface area contributed by atoms with Gasteiger partial charge < -0.3 is 10.2 Å². The van der Waals surface area contributed by atoms with Crippen LogP contribution in [0.4, 0.5) is 5.82 Å². The van der Waals surface area contributed by atoms with Gasteiger partial charge in [0.15, 0.2) is 0 Å². The molecule has 0 saturated heterocycles. The number of pyridine rings is 1. The molecule has 9 heteroatoms. The number of rotatable bonds is 7. The second-order valence-electron chi connectivity index (χ2n) is 7.55. The Labute approximate surface area is 177 Å². The van der Waals surface area contributed by atoms with Crippen molar-refractivity contribution in [3.05, 3.63) is 53.7 Å². The summed E-state index contributed by atoms with van der Waals surface area (Å²) in [7, 11) is 0.174. The summed E-state index contributed by atoms with van der Waals surface area (Å²) in [6, 6.07) is 9.72. The van der Waals surface area contributed by atoms with Crippen molar-refractivity contribution in [2.75, 3.05) is 19.0 Å². The van der Waals surface area contributed by atoms with Crippen LogP contribution in [0.5, 0.6) is 0 Å². The molecule has 0 fully saturated rings. The molecular weight excluding hydrogens is 402 g/mol. The minimum Gasteiger partial charge on any atom is -0.363 e. The number of carbonyl (C=O) groups is 1. The monoisotopic (exact) mass is 429 g/mol. The van der Waals surface area contributed by atoms with Crippen molar-refractivity contribution in [1.29, 1.82) is 0 Å². The maximum atomic E-state index is 12.9. The van der Waals surface area contributed by atoms with Gasteiger partial charge in [-0.05, 0) is 29.7 Å². The van der Waals surface area contributed by atoms with E-state index < -0.39 is 16.1 Å². The first-order valence-corrected chi connectivity index (χ1v) is 11.3. The lowest BCUT2D eigenvalue weighted by Gasteiger charge is -2.19. The molecule has 0 spiro atoms. The molecule has 1 aromatic heterocycles. The number of sulfonamides is 1. The van der Waals surface area contributed by atoms with E-state index in [1.165, 1.54) is 6.07 Å². The number of nitrogens with zero attached hydrogens (tertiary/aromatic N) is 3. The molecule has 1 aromatic carbocycles. The van der Waals surface area contributed by atoms with Gasteiger partial charge in [0.1, 0.15) is 17.7 Å².